The fourth-order valence-electron chi connectivity index (χ4n) is 1.02. The minimum atomic E-state index is -0.156. The summed E-state index contributed by atoms with van der Waals surface area (Å²) in [5.74, 6) is 0.922. The van der Waals surface area contributed by atoms with Crippen LogP contribution in [-0.4, -0.2) is 10.1 Å². The molecule has 2 heterocycles. The van der Waals surface area contributed by atoms with E-state index in [9.17, 15) is 4.79 Å². The molecule has 0 aliphatic heterocycles. The molecule has 72 valence electrons. The fraction of sp³-hybridized carbons (Fsp3) is 0. The highest BCUT2D eigenvalue weighted by atomic mass is 127. The molecule has 2 aromatic rings. The molecule has 0 spiro atoms. The van der Waals surface area contributed by atoms with E-state index in [-0.39, 0.29) is 5.56 Å². The molecule has 0 amide bonds. The Bertz CT molecular complexity index is 497. The molecular formula is C8H6IN3O2. The van der Waals surface area contributed by atoms with Crippen molar-refractivity contribution in [3.8, 4) is 11.3 Å². The summed E-state index contributed by atoms with van der Waals surface area (Å²) in [7, 11) is 0. The van der Waals surface area contributed by atoms with Gasteiger partial charge in [0, 0.05) is 17.8 Å². The Morgan fingerprint density at radius 2 is 2.29 bits per heavy atom. The lowest BCUT2D eigenvalue weighted by molar-refractivity contribution is 0.435. The lowest BCUT2D eigenvalue weighted by atomic mass is 10.2. The summed E-state index contributed by atoms with van der Waals surface area (Å²) in [6, 6.07) is 3.07. The number of nitrogens with zero attached hydrogens (tertiary/aromatic N) is 1. The van der Waals surface area contributed by atoms with Gasteiger partial charge in [0.1, 0.15) is 3.57 Å². The van der Waals surface area contributed by atoms with Crippen molar-refractivity contribution in [2.24, 2.45) is 0 Å². The van der Waals surface area contributed by atoms with Crippen molar-refractivity contribution in [3.63, 3.8) is 0 Å². The third-order valence-electron chi connectivity index (χ3n) is 1.71. The number of hydrogen-bond donors (Lipinski definition) is 2. The molecule has 0 bridgehead atoms. The van der Waals surface area contributed by atoms with Crippen molar-refractivity contribution in [2.45, 2.75) is 0 Å². The Labute approximate surface area is 92.4 Å². The minimum Gasteiger partial charge on any atom is -0.380 e. The molecule has 2 aromatic heterocycles. The summed E-state index contributed by atoms with van der Waals surface area (Å²) < 4.78 is 5.76. The van der Waals surface area contributed by atoms with Crippen LogP contribution < -0.4 is 11.3 Å². The lowest BCUT2D eigenvalue weighted by Gasteiger charge is -1.94. The molecule has 0 saturated heterocycles. The van der Waals surface area contributed by atoms with Crippen LogP contribution in [0.1, 0.15) is 0 Å². The summed E-state index contributed by atoms with van der Waals surface area (Å²) >= 11 is 2.04. The Morgan fingerprint density at radius 3 is 2.79 bits per heavy atom. The molecule has 5 nitrogen and oxygen atoms in total. The maximum absolute atomic E-state index is 10.8. The van der Waals surface area contributed by atoms with Gasteiger partial charge in [-0.3, -0.25) is 4.79 Å². The van der Waals surface area contributed by atoms with E-state index in [4.69, 9.17) is 10.3 Å². The molecule has 0 atom stereocenters. The lowest BCUT2D eigenvalue weighted by Crippen LogP contribution is -2.01. The normalized spacial score (nSPS) is 10.4. The maximum atomic E-state index is 10.8. The van der Waals surface area contributed by atoms with Gasteiger partial charge in [0.2, 0.25) is 5.56 Å². The molecule has 0 unspecified atom stereocenters. The van der Waals surface area contributed by atoms with Crippen LogP contribution in [0, 0.1) is 3.57 Å². The first kappa shape index (κ1) is 9.25. The van der Waals surface area contributed by atoms with E-state index in [0.29, 0.717) is 11.6 Å². The molecule has 0 aliphatic rings. The molecule has 6 heteroatoms. The number of rotatable bonds is 1. The molecule has 0 radical (unpaired) electrons. The summed E-state index contributed by atoms with van der Waals surface area (Å²) in [5, 5.41) is 3.62. The van der Waals surface area contributed by atoms with Crippen LogP contribution in [0.4, 0.5) is 5.82 Å². The molecule has 0 aliphatic carbocycles. The van der Waals surface area contributed by atoms with Crippen LogP contribution in [0.2, 0.25) is 0 Å². The summed E-state index contributed by atoms with van der Waals surface area (Å²) in [4.78, 5) is 13.4. The van der Waals surface area contributed by atoms with Gasteiger partial charge in [-0.1, -0.05) is 5.16 Å². The number of nitrogens with two attached hydrogens (primary N) is 1. The molecule has 0 fully saturated rings. The van der Waals surface area contributed by atoms with Gasteiger partial charge in [0.15, 0.2) is 11.6 Å². The number of nitrogen functional groups attached to an aromatic ring is 1. The van der Waals surface area contributed by atoms with Crippen molar-refractivity contribution >= 4 is 28.4 Å². The van der Waals surface area contributed by atoms with Crippen LogP contribution in [0.3, 0.4) is 0 Å². The number of nitrogens with one attached hydrogen (secondary N) is 1. The quantitative estimate of drug-likeness (QED) is 0.776. The van der Waals surface area contributed by atoms with Gasteiger partial charge in [-0.2, -0.15) is 0 Å². The average molecular weight is 303 g/mol. The zero-order chi connectivity index (χ0) is 10.1. The van der Waals surface area contributed by atoms with Crippen molar-refractivity contribution in [3.05, 3.63) is 32.3 Å². The van der Waals surface area contributed by atoms with Crippen molar-refractivity contribution in [1.82, 2.24) is 10.1 Å². The van der Waals surface area contributed by atoms with Gasteiger partial charge >= 0.3 is 0 Å². The number of H-pyrrole nitrogens is 1. The van der Waals surface area contributed by atoms with Gasteiger partial charge in [0.05, 0.1) is 0 Å². The van der Waals surface area contributed by atoms with E-state index >= 15 is 0 Å². The second-order valence-electron chi connectivity index (χ2n) is 2.65. The Kier molecular flexibility index (Phi) is 2.28. The Morgan fingerprint density at radius 1 is 1.50 bits per heavy atom. The van der Waals surface area contributed by atoms with Gasteiger partial charge in [-0.15, -0.1) is 0 Å². The molecule has 3 N–H and O–H groups in total. The number of hydrogen-bond acceptors (Lipinski definition) is 4. The van der Waals surface area contributed by atoms with E-state index in [1.54, 1.807) is 12.3 Å². The molecule has 14 heavy (non-hydrogen) atoms. The first-order valence-corrected chi connectivity index (χ1v) is 4.86. The maximum Gasteiger partial charge on any atom is 0.247 e. The first-order valence-electron chi connectivity index (χ1n) is 3.78. The first-order chi connectivity index (χ1) is 6.68. The molecule has 2 rings (SSSR count). The van der Waals surface area contributed by atoms with Gasteiger partial charge < -0.3 is 15.2 Å². The van der Waals surface area contributed by atoms with Crippen LogP contribution in [0.5, 0.6) is 0 Å². The minimum absolute atomic E-state index is 0.156. The Hall–Kier alpha value is -1.31. The second-order valence-corrected chi connectivity index (χ2v) is 3.73. The van der Waals surface area contributed by atoms with E-state index < -0.39 is 0 Å². The van der Waals surface area contributed by atoms with Crippen LogP contribution in [0.15, 0.2) is 27.6 Å². The third kappa shape index (κ3) is 1.52. The SMILES string of the molecule is Nc1noc(-c2ccc(=O)[nH]c2)c1I. The standard InChI is InChI=1S/C8H6IN3O2/c9-6-7(14-12-8(6)10)4-1-2-5(13)11-3-4/h1-3H,(H2,10,12)(H,11,13). The van der Waals surface area contributed by atoms with Gasteiger partial charge in [0.25, 0.3) is 0 Å². The number of anilines is 1. The highest BCUT2D eigenvalue weighted by Crippen LogP contribution is 2.27. The number of halogens is 1. The average Bonchev–Trinajstić information content (AvgIpc) is 2.50. The predicted octanol–water partition coefficient (Wildman–Crippen LogP) is 1.22. The number of pyridine rings is 1. The monoisotopic (exact) mass is 303 g/mol. The zero-order valence-electron chi connectivity index (χ0n) is 6.95. The summed E-state index contributed by atoms with van der Waals surface area (Å²) in [6.07, 6.45) is 1.56. The number of aromatic nitrogens is 2. The predicted molar refractivity (Wildman–Crippen MR) is 59.7 cm³/mol. The molecular weight excluding hydrogens is 297 g/mol. The highest BCUT2D eigenvalue weighted by Gasteiger charge is 2.12. The van der Waals surface area contributed by atoms with Crippen LogP contribution in [-0.2, 0) is 0 Å². The van der Waals surface area contributed by atoms with Crippen LogP contribution >= 0.6 is 22.6 Å². The molecule has 0 aromatic carbocycles. The largest absolute Gasteiger partial charge is 0.380 e. The van der Waals surface area contributed by atoms with E-state index in [1.807, 2.05) is 22.6 Å². The zero-order valence-corrected chi connectivity index (χ0v) is 9.11. The van der Waals surface area contributed by atoms with Gasteiger partial charge in [-0.25, -0.2) is 0 Å². The number of aromatic amines is 1. The summed E-state index contributed by atoms with van der Waals surface area (Å²) in [6.45, 7) is 0. The molecule has 0 saturated carbocycles. The smallest absolute Gasteiger partial charge is 0.247 e. The van der Waals surface area contributed by atoms with E-state index in [1.165, 1.54) is 6.07 Å². The van der Waals surface area contributed by atoms with Gasteiger partial charge in [-0.05, 0) is 28.7 Å². The Balaban J connectivity index is 2.55. The highest BCUT2D eigenvalue weighted by molar-refractivity contribution is 14.1. The second kappa shape index (κ2) is 3.45. The van der Waals surface area contributed by atoms with Crippen molar-refractivity contribution in [1.29, 1.82) is 0 Å². The third-order valence-corrected chi connectivity index (χ3v) is 2.75. The topological polar surface area (TPSA) is 84.9 Å². The van der Waals surface area contributed by atoms with Crippen molar-refractivity contribution < 1.29 is 4.52 Å². The fourth-order valence-corrected chi connectivity index (χ4v) is 1.53. The van der Waals surface area contributed by atoms with E-state index in [2.05, 4.69) is 10.1 Å². The van der Waals surface area contributed by atoms with Crippen molar-refractivity contribution in [2.75, 3.05) is 5.73 Å². The van der Waals surface area contributed by atoms with E-state index in [0.717, 1.165) is 9.13 Å². The van der Waals surface area contributed by atoms with Crippen LogP contribution in [0.25, 0.3) is 11.3 Å². The summed E-state index contributed by atoms with van der Waals surface area (Å²) in [5.41, 5.74) is 6.12.